The van der Waals surface area contributed by atoms with Crippen molar-refractivity contribution in [1.82, 2.24) is 10.6 Å². The van der Waals surface area contributed by atoms with Crippen LogP contribution in [0.2, 0.25) is 10.0 Å². The number of hydrogen-bond donors (Lipinski definition) is 3. The number of carbonyl (C=O) groups is 2. The second-order valence-corrected chi connectivity index (χ2v) is 12.9. The number of nitrogens with one attached hydrogen (secondary N) is 3. The highest BCUT2D eigenvalue weighted by atomic mass is 79.9. The number of halogens is 3. The van der Waals surface area contributed by atoms with E-state index in [4.69, 9.17) is 23.2 Å². The Kier molecular flexibility index (Phi) is 9.16. The Morgan fingerprint density at radius 1 is 0.975 bits per heavy atom. The quantitative estimate of drug-likeness (QED) is 0.300. The van der Waals surface area contributed by atoms with Gasteiger partial charge in [0.15, 0.2) is 0 Å². The van der Waals surface area contributed by atoms with Crippen LogP contribution >= 0.6 is 39.1 Å². The Morgan fingerprint density at radius 2 is 1.50 bits per heavy atom. The molecule has 0 aliphatic carbocycles. The van der Waals surface area contributed by atoms with Gasteiger partial charge in [-0.15, -0.1) is 0 Å². The molecule has 0 radical (unpaired) electrons. The lowest BCUT2D eigenvalue weighted by Crippen LogP contribution is -3.10. The Morgan fingerprint density at radius 3 is 1.98 bits per heavy atom. The third kappa shape index (κ3) is 6.82. The van der Waals surface area contributed by atoms with Gasteiger partial charge in [0.05, 0.1) is 11.9 Å². The fourth-order valence-electron chi connectivity index (χ4n) is 4.42. The van der Waals surface area contributed by atoms with Crippen molar-refractivity contribution in [2.75, 3.05) is 17.6 Å². The van der Waals surface area contributed by atoms with E-state index in [9.17, 15) is 18.0 Å². The summed E-state index contributed by atoms with van der Waals surface area (Å²) in [5.41, 5.74) is 2.86. The van der Waals surface area contributed by atoms with Gasteiger partial charge in [-0.1, -0.05) is 63.4 Å². The van der Waals surface area contributed by atoms with Crippen molar-refractivity contribution < 1.29 is 22.9 Å². The van der Waals surface area contributed by atoms with E-state index in [2.05, 4.69) is 26.6 Å². The van der Waals surface area contributed by atoms with Crippen LogP contribution in [0.1, 0.15) is 34.5 Å². The molecule has 3 aromatic rings. The summed E-state index contributed by atoms with van der Waals surface area (Å²) >= 11 is 15.6. The lowest BCUT2D eigenvalue weighted by atomic mass is 9.95. The van der Waals surface area contributed by atoms with Gasteiger partial charge in [0, 0.05) is 38.3 Å². The van der Waals surface area contributed by atoms with Crippen LogP contribution in [0.4, 0.5) is 5.69 Å². The summed E-state index contributed by atoms with van der Waals surface area (Å²) in [5.74, 6) is -0.869. The van der Waals surface area contributed by atoms with Gasteiger partial charge in [-0.25, -0.2) is 8.42 Å². The molecule has 12 heteroatoms. The zero-order valence-electron chi connectivity index (χ0n) is 21.8. The van der Waals surface area contributed by atoms with Crippen molar-refractivity contribution in [3.8, 4) is 0 Å². The highest BCUT2D eigenvalue weighted by Gasteiger charge is 2.32. The fraction of sp³-hybridized carbons (Fsp3) is 0.179. The number of likely N-dealkylation sites (N-methyl/N-ethyl adjacent to an activating group) is 1. The molecule has 0 aromatic heterocycles. The minimum atomic E-state index is -3.80. The van der Waals surface area contributed by atoms with E-state index in [0.717, 1.165) is 22.3 Å². The molecular weight excluding hydrogens is 639 g/mol. The molecular formula is C28H27BrCl2N4O4S. The van der Waals surface area contributed by atoms with Crippen LogP contribution in [0.3, 0.4) is 0 Å². The van der Waals surface area contributed by atoms with Crippen molar-refractivity contribution in [2.24, 2.45) is 0 Å². The fourth-order valence-corrected chi connectivity index (χ4v) is 6.13. The lowest BCUT2D eigenvalue weighted by Gasteiger charge is -2.45. The average molecular weight is 666 g/mol. The van der Waals surface area contributed by atoms with Gasteiger partial charge in [-0.3, -0.25) is 13.9 Å². The minimum Gasteiger partial charge on any atom is -0.412 e. The zero-order chi connectivity index (χ0) is 29.2. The Hall–Kier alpha value is -3.02. The van der Waals surface area contributed by atoms with Crippen molar-refractivity contribution in [2.45, 2.75) is 19.0 Å². The molecule has 2 amide bonds. The van der Waals surface area contributed by atoms with Gasteiger partial charge < -0.3 is 15.5 Å². The molecule has 0 spiro atoms. The Bertz CT molecular complexity index is 1520. The molecule has 2 atom stereocenters. The molecule has 1 heterocycles. The first-order valence-corrected chi connectivity index (χ1v) is 15.5. The highest BCUT2D eigenvalue weighted by molar-refractivity contribution is 9.10. The summed E-state index contributed by atoms with van der Waals surface area (Å²) in [4.78, 5) is 25.6. The molecule has 1 unspecified atom stereocenters. The molecule has 1 aliphatic heterocycles. The third-order valence-corrected chi connectivity index (χ3v) is 8.35. The van der Waals surface area contributed by atoms with Crippen LogP contribution in [0.5, 0.6) is 0 Å². The van der Waals surface area contributed by atoms with Crippen molar-refractivity contribution >= 4 is 66.7 Å². The van der Waals surface area contributed by atoms with Gasteiger partial charge in [0.1, 0.15) is 12.1 Å². The van der Waals surface area contributed by atoms with Crippen molar-refractivity contribution in [3.63, 3.8) is 0 Å². The first-order valence-electron chi connectivity index (χ1n) is 12.1. The number of amides is 2. The normalized spacial score (nSPS) is 15.4. The summed E-state index contributed by atoms with van der Waals surface area (Å²) in [7, 11) is -2.32. The average Bonchev–Trinajstić information content (AvgIpc) is 2.87. The minimum absolute atomic E-state index is 0.185. The van der Waals surface area contributed by atoms with Gasteiger partial charge in [0.25, 0.3) is 5.91 Å². The molecule has 0 bridgehead atoms. The van der Waals surface area contributed by atoms with Crippen LogP contribution in [0.15, 0.2) is 83.1 Å². The van der Waals surface area contributed by atoms with Crippen LogP contribution in [0.25, 0.3) is 0 Å². The number of rotatable bonds is 9. The van der Waals surface area contributed by atoms with Crippen LogP contribution in [-0.2, 0) is 14.8 Å². The Balaban J connectivity index is 1.69. The molecule has 8 nitrogen and oxygen atoms in total. The second kappa shape index (κ2) is 12.2. The molecule has 210 valence electrons. The SMILES string of the molecule is CNC(=O)[C@H](C)NC(=O)c1cc(Br)cc(N(C2=C[NH+](C(c3ccc(Cl)cc3)c3ccc(Cl)cc3)[CH-]2)S(C)(=O)=O)c1. The summed E-state index contributed by atoms with van der Waals surface area (Å²) in [6.45, 7) is 3.37. The molecule has 0 saturated heterocycles. The number of sulfonamides is 1. The van der Waals surface area contributed by atoms with Gasteiger partial charge >= 0.3 is 0 Å². The van der Waals surface area contributed by atoms with E-state index >= 15 is 0 Å². The highest BCUT2D eigenvalue weighted by Crippen LogP contribution is 2.31. The Labute approximate surface area is 252 Å². The van der Waals surface area contributed by atoms with E-state index in [1.807, 2.05) is 61.3 Å². The third-order valence-electron chi connectivity index (χ3n) is 6.30. The predicted molar refractivity (Wildman–Crippen MR) is 161 cm³/mol. The van der Waals surface area contributed by atoms with E-state index < -0.39 is 22.0 Å². The lowest BCUT2D eigenvalue weighted by molar-refractivity contribution is -0.856. The van der Waals surface area contributed by atoms with Crippen LogP contribution in [0, 0.1) is 6.54 Å². The standard InChI is InChI=1S/C28H27BrCl2N4O4S/c1-17(27(36)32-2)33-28(37)20-12-21(29)14-24(13-20)35(40(3,38)39)25-15-34(16-25)26(18-4-8-22(30)9-5-18)19-6-10-23(31)11-7-19/h4-17,26,34H,1-3H3,(H,32,36)(H,33,37)/t17-/m0/s1. The number of carbonyl (C=O) groups excluding carboxylic acids is 2. The van der Waals surface area contributed by atoms with E-state index in [-0.39, 0.29) is 23.2 Å². The monoisotopic (exact) mass is 664 g/mol. The molecule has 3 N–H and O–H groups in total. The number of hydrogen-bond acceptors (Lipinski definition) is 4. The molecule has 0 saturated carbocycles. The van der Waals surface area contributed by atoms with E-state index in [1.165, 1.54) is 17.4 Å². The maximum Gasteiger partial charge on any atom is 0.252 e. The van der Waals surface area contributed by atoms with E-state index in [1.54, 1.807) is 19.1 Å². The first-order chi connectivity index (χ1) is 18.9. The molecule has 40 heavy (non-hydrogen) atoms. The van der Waals surface area contributed by atoms with E-state index in [0.29, 0.717) is 20.2 Å². The zero-order valence-corrected chi connectivity index (χ0v) is 25.7. The largest absolute Gasteiger partial charge is 0.412 e. The topological polar surface area (TPSA) is 100 Å². The molecule has 0 fully saturated rings. The maximum absolute atomic E-state index is 13.0. The smallest absolute Gasteiger partial charge is 0.252 e. The van der Waals surface area contributed by atoms with Crippen LogP contribution in [-0.4, -0.2) is 39.6 Å². The van der Waals surface area contributed by atoms with Gasteiger partial charge in [-0.2, -0.15) is 0 Å². The number of anilines is 1. The number of benzene rings is 3. The summed E-state index contributed by atoms with van der Waals surface area (Å²) < 4.78 is 27.7. The van der Waals surface area contributed by atoms with Crippen molar-refractivity contribution in [1.29, 1.82) is 0 Å². The maximum atomic E-state index is 13.0. The van der Waals surface area contributed by atoms with Crippen molar-refractivity contribution in [3.05, 3.63) is 116 Å². The molecule has 4 rings (SSSR count). The molecule has 3 aromatic carbocycles. The van der Waals surface area contributed by atoms with Gasteiger partial charge in [-0.05, 0) is 67.8 Å². The number of quaternary nitrogens is 1. The number of nitrogens with zero attached hydrogens (tertiary/aromatic N) is 1. The first kappa shape index (κ1) is 30.0. The van der Waals surface area contributed by atoms with Crippen LogP contribution < -0.4 is 19.8 Å². The predicted octanol–water partition coefficient (Wildman–Crippen LogP) is 4.08. The molecule has 1 aliphatic rings. The van der Waals surface area contributed by atoms with Gasteiger partial charge in [0.2, 0.25) is 15.9 Å². The second-order valence-electron chi connectivity index (χ2n) is 9.28. The summed E-state index contributed by atoms with van der Waals surface area (Å²) in [5, 5.41) is 6.32. The summed E-state index contributed by atoms with van der Waals surface area (Å²) in [6.07, 6.45) is 2.91. The summed E-state index contributed by atoms with van der Waals surface area (Å²) in [6, 6.07) is 18.7.